The zero-order chi connectivity index (χ0) is 18.1. The summed E-state index contributed by atoms with van der Waals surface area (Å²) in [7, 11) is 3.51. The highest BCUT2D eigenvalue weighted by atomic mass is 16.5. The summed E-state index contributed by atoms with van der Waals surface area (Å²) in [6, 6.07) is 11.4. The number of ether oxygens (including phenoxy) is 1. The fraction of sp³-hybridized carbons (Fsp3) is 0.350. The van der Waals surface area contributed by atoms with Crippen LogP contribution in [0.25, 0.3) is 11.0 Å². The Morgan fingerprint density at radius 3 is 2.92 bits per heavy atom. The number of nitrogens with zero attached hydrogens (tertiary/aromatic N) is 4. The second kappa shape index (κ2) is 6.78. The third-order valence-corrected chi connectivity index (χ3v) is 5.06. The number of aryl methyl sites for hydroxylation is 1. The van der Waals surface area contributed by atoms with Gasteiger partial charge in [0.2, 0.25) is 0 Å². The number of para-hydroxylation sites is 1. The predicted octanol–water partition coefficient (Wildman–Crippen LogP) is 3.00. The molecule has 0 spiro atoms. The molecule has 4 rings (SSSR count). The first-order chi connectivity index (χ1) is 12.7. The number of carbonyl (C=O) groups excluding carboxylic acids is 1. The molecule has 0 radical (unpaired) electrons. The van der Waals surface area contributed by atoms with Crippen LogP contribution in [0.2, 0.25) is 0 Å². The molecule has 6 nitrogen and oxygen atoms in total. The van der Waals surface area contributed by atoms with Gasteiger partial charge in [-0.25, -0.2) is 4.98 Å². The number of fused-ring (bicyclic) bond motifs is 1. The second-order valence-electron chi connectivity index (χ2n) is 6.67. The predicted molar refractivity (Wildman–Crippen MR) is 99.4 cm³/mol. The molecule has 0 N–H and O–H groups in total. The Balaban J connectivity index is 1.62. The van der Waals surface area contributed by atoms with Crippen molar-refractivity contribution < 1.29 is 9.53 Å². The van der Waals surface area contributed by atoms with Crippen LogP contribution in [0, 0.1) is 0 Å². The second-order valence-corrected chi connectivity index (χ2v) is 6.67. The maximum atomic E-state index is 13.0. The van der Waals surface area contributed by atoms with Crippen molar-refractivity contribution in [1.82, 2.24) is 19.7 Å². The number of methoxy groups -OCH3 is 1. The van der Waals surface area contributed by atoms with Crippen molar-refractivity contribution in [1.29, 1.82) is 0 Å². The third kappa shape index (κ3) is 2.81. The molecule has 0 aliphatic carbocycles. The minimum Gasteiger partial charge on any atom is -0.496 e. The van der Waals surface area contributed by atoms with Gasteiger partial charge in [-0.1, -0.05) is 12.1 Å². The summed E-state index contributed by atoms with van der Waals surface area (Å²) in [5.41, 5.74) is 2.53. The highest BCUT2D eigenvalue weighted by Gasteiger charge is 2.29. The molecule has 1 fully saturated rings. The first-order valence-electron chi connectivity index (χ1n) is 8.89. The summed E-state index contributed by atoms with van der Waals surface area (Å²) in [6.45, 7) is 1.42. The van der Waals surface area contributed by atoms with Gasteiger partial charge in [0.1, 0.15) is 5.75 Å². The molecule has 0 bridgehead atoms. The molecule has 1 aliphatic rings. The lowest BCUT2D eigenvalue weighted by molar-refractivity contribution is 0.0702. The van der Waals surface area contributed by atoms with Crippen molar-refractivity contribution in [3.63, 3.8) is 0 Å². The van der Waals surface area contributed by atoms with Crippen molar-refractivity contribution >= 4 is 16.9 Å². The Bertz CT molecular complexity index is 950. The van der Waals surface area contributed by atoms with Crippen molar-refractivity contribution in [3.8, 4) is 5.75 Å². The molecule has 1 aliphatic heterocycles. The maximum absolute atomic E-state index is 13.0. The quantitative estimate of drug-likeness (QED) is 0.729. The number of hydrogen-bond donors (Lipinski definition) is 0. The number of likely N-dealkylation sites (tertiary alicyclic amines) is 1. The SMILES string of the molecule is COc1ccccc1C(=O)N1CCCC(c2nn(C)c3ncccc23)C1. The van der Waals surface area contributed by atoms with E-state index in [-0.39, 0.29) is 11.8 Å². The maximum Gasteiger partial charge on any atom is 0.257 e. The van der Waals surface area contributed by atoms with E-state index in [0.717, 1.165) is 36.1 Å². The highest BCUT2D eigenvalue weighted by Crippen LogP contribution is 2.32. The molecule has 1 amide bonds. The molecule has 3 aromatic rings. The average Bonchev–Trinajstić information content (AvgIpc) is 3.04. The van der Waals surface area contributed by atoms with Crippen LogP contribution in [0.1, 0.15) is 34.8 Å². The monoisotopic (exact) mass is 350 g/mol. The van der Waals surface area contributed by atoms with E-state index in [1.165, 1.54) is 0 Å². The minimum absolute atomic E-state index is 0.0190. The summed E-state index contributed by atoms with van der Waals surface area (Å²) in [4.78, 5) is 19.4. The number of hydrogen-bond acceptors (Lipinski definition) is 4. The molecule has 1 unspecified atom stereocenters. The number of carbonyl (C=O) groups is 1. The van der Waals surface area contributed by atoms with Crippen molar-refractivity contribution in [3.05, 3.63) is 53.9 Å². The van der Waals surface area contributed by atoms with E-state index in [1.807, 2.05) is 47.0 Å². The van der Waals surface area contributed by atoms with Gasteiger partial charge in [0.05, 0.1) is 18.4 Å². The molecule has 3 heterocycles. The average molecular weight is 350 g/mol. The van der Waals surface area contributed by atoms with Crippen LogP contribution in [0.5, 0.6) is 5.75 Å². The van der Waals surface area contributed by atoms with Gasteiger partial charge in [0, 0.05) is 37.6 Å². The zero-order valence-corrected chi connectivity index (χ0v) is 15.1. The standard InChI is InChI=1S/C20H22N4O2/c1-23-19-16(9-5-11-21-19)18(22-23)14-7-6-12-24(13-14)20(25)15-8-3-4-10-17(15)26-2/h3-5,8-11,14H,6-7,12-13H2,1-2H3. The number of pyridine rings is 1. The summed E-state index contributed by atoms with van der Waals surface area (Å²) >= 11 is 0. The smallest absolute Gasteiger partial charge is 0.257 e. The van der Waals surface area contributed by atoms with E-state index >= 15 is 0 Å². The number of rotatable bonds is 3. The molecule has 1 saturated heterocycles. The minimum atomic E-state index is 0.0190. The lowest BCUT2D eigenvalue weighted by Gasteiger charge is -2.32. The highest BCUT2D eigenvalue weighted by molar-refractivity contribution is 5.97. The molecule has 1 aromatic carbocycles. The van der Waals surface area contributed by atoms with Crippen LogP contribution >= 0.6 is 0 Å². The summed E-state index contributed by atoms with van der Waals surface area (Å²) in [6.07, 6.45) is 3.77. The van der Waals surface area contributed by atoms with E-state index in [2.05, 4.69) is 11.1 Å². The van der Waals surface area contributed by atoms with Crippen LogP contribution < -0.4 is 4.74 Å². The summed E-state index contributed by atoms with van der Waals surface area (Å²) in [5, 5.41) is 5.78. The fourth-order valence-electron chi connectivity index (χ4n) is 3.80. The first-order valence-corrected chi connectivity index (χ1v) is 8.89. The largest absolute Gasteiger partial charge is 0.496 e. The van der Waals surface area contributed by atoms with Gasteiger partial charge in [-0.05, 0) is 37.1 Å². The molecule has 0 saturated carbocycles. The molecule has 2 aromatic heterocycles. The number of aromatic nitrogens is 3. The van der Waals surface area contributed by atoms with Gasteiger partial charge in [-0.3, -0.25) is 9.48 Å². The Hall–Kier alpha value is -2.89. The van der Waals surface area contributed by atoms with Crippen LogP contribution in [-0.4, -0.2) is 45.8 Å². The number of amides is 1. The Kier molecular flexibility index (Phi) is 4.32. The van der Waals surface area contributed by atoms with Gasteiger partial charge >= 0.3 is 0 Å². The number of benzene rings is 1. The molecule has 1 atom stereocenters. The zero-order valence-electron chi connectivity index (χ0n) is 15.1. The van der Waals surface area contributed by atoms with Crippen LogP contribution in [0.3, 0.4) is 0 Å². The van der Waals surface area contributed by atoms with Gasteiger partial charge < -0.3 is 9.64 Å². The Morgan fingerprint density at radius 1 is 1.23 bits per heavy atom. The molecular weight excluding hydrogens is 328 g/mol. The van der Waals surface area contributed by atoms with Crippen molar-refractivity contribution in [2.75, 3.05) is 20.2 Å². The van der Waals surface area contributed by atoms with E-state index in [1.54, 1.807) is 13.3 Å². The first kappa shape index (κ1) is 16.6. The normalized spacial score (nSPS) is 17.5. The van der Waals surface area contributed by atoms with Crippen LogP contribution in [0.15, 0.2) is 42.6 Å². The van der Waals surface area contributed by atoms with Gasteiger partial charge in [0.25, 0.3) is 5.91 Å². The van der Waals surface area contributed by atoms with E-state index < -0.39 is 0 Å². The summed E-state index contributed by atoms with van der Waals surface area (Å²) < 4.78 is 7.18. The Labute approximate surface area is 152 Å². The van der Waals surface area contributed by atoms with Crippen molar-refractivity contribution in [2.24, 2.45) is 7.05 Å². The topological polar surface area (TPSA) is 60.2 Å². The lowest BCUT2D eigenvalue weighted by atomic mass is 9.92. The lowest BCUT2D eigenvalue weighted by Crippen LogP contribution is -2.39. The Morgan fingerprint density at radius 2 is 2.08 bits per heavy atom. The van der Waals surface area contributed by atoms with Gasteiger partial charge in [-0.2, -0.15) is 5.10 Å². The van der Waals surface area contributed by atoms with E-state index in [4.69, 9.17) is 9.84 Å². The van der Waals surface area contributed by atoms with Crippen molar-refractivity contribution in [2.45, 2.75) is 18.8 Å². The molecule has 134 valence electrons. The molecule has 6 heteroatoms. The molecule has 26 heavy (non-hydrogen) atoms. The molecular formula is C20H22N4O2. The van der Waals surface area contributed by atoms with E-state index in [9.17, 15) is 4.79 Å². The fourth-order valence-corrected chi connectivity index (χ4v) is 3.80. The van der Waals surface area contributed by atoms with E-state index in [0.29, 0.717) is 17.9 Å². The van der Waals surface area contributed by atoms with Crippen LogP contribution in [-0.2, 0) is 7.05 Å². The van der Waals surface area contributed by atoms with Gasteiger partial charge in [0.15, 0.2) is 5.65 Å². The van der Waals surface area contributed by atoms with Gasteiger partial charge in [-0.15, -0.1) is 0 Å². The summed E-state index contributed by atoms with van der Waals surface area (Å²) in [5.74, 6) is 0.855. The number of piperidine rings is 1. The third-order valence-electron chi connectivity index (χ3n) is 5.06. The van der Waals surface area contributed by atoms with Crippen LogP contribution in [0.4, 0.5) is 0 Å².